The Morgan fingerprint density at radius 2 is 1.95 bits per heavy atom. The number of fused-ring (bicyclic) bond motifs is 1. The Morgan fingerprint density at radius 3 is 2.55 bits per heavy atom. The van der Waals surface area contributed by atoms with Gasteiger partial charge < -0.3 is 24.5 Å². The molecule has 1 saturated heterocycles. The van der Waals surface area contributed by atoms with E-state index >= 15 is 0 Å². The van der Waals surface area contributed by atoms with E-state index in [0.717, 1.165) is 0 Å². The average molecular weight is 310 g/mol. The first-order valence-electron chi connectivity index (χ1n) is 7.25. The standard InChI is InChI=1S/C16H19FO5/c1-7(17)11-6-21-12-4-3-9(5-10(11)12)14(19)16-15(20)13(18)8(2)22-16/h3-8,13-16,18-20H,1-2H3. The number of furan rings is 1. The van der Waals surface area contributed by atoms with Gasteiger partial charge in [0.2, 0.25) is 0 Å². The van der Waals surface area contributed by atoms with Crippen molar-refractivity contribution < 1.29 is 28.9 Å². The third-order valence-electron chi connectivity index (χ3n) is 4.25. The smallest absolute Gasteiger partial charge is 0.134 e. The fourth-order valence-electron chi connectivity index (χ4n) is 2.89. The van der Waals surface area contributed by atoms with Crippen molar-refractivity contribution >= 4 is 11.0 Å². The molecule has 1 aliphatic rings. The van der Waals surface area contributed by atoms with Gasteiger partial charge in [-0.05, 0) is 31.5 Å². The van der Waals surface area contributed by atoms with E-state index in [4.69, 9.17) is 9.15 Å². The molecule has 0 spiro atoms. The molecule has 0 saturated carbocycles. The second-order valence-electron chi connectivity index (χ2n) is 5.79. The van der Waals surface area contributed by atoms with Crippen LogP contribution in [-0.2, 0) is 4.74 Å². The summed E-state index contributed by atoms with van der Waals surface area (Å²) >= 11 is 0. The molecular weight excluding hydrogens is 291 g/mol. The van der Waals surface area contributed by atoms with E-state index in [1.165, 1.54) is 13.2 Å². The molecule has 1 aliphatic heterocycles. The van der Waals surface area contributed by atoms with Crippen LogP contribution in [0.4, 0.5) is 4.39 Å². The van der Waals surface area contributed by atoms with E-state index in [9.17, 15) is 19.7 Å². The molecule has 1 aromatic carbocycles. The Balaban J connectivity index is 1.94. The summed E-state index contributed by atoms with van der Waals surface area (Å²) in [5.41, 5.74) is 1.41. The van der Waals surface area contributed by atoms with Crippen molar-refractivity contribution in [3.63, 3.8) is 0 Å². The molecule has 120 valence electrons. The van der Waals surface area contributed by atoms with Crippen LogP contribution in [0.15, 0.2) is 28.9 Å². The maximum atomic E-state index is 13.6. The van der Waals surface area contributed by atoms with E-state index in [0.29, 0.717) is 22.1 Å². The van der Waals surface area contributed by atoms with Crippen molar-refractivity contribution in [3.8, 4) is 0 Å². The van der Waals surface area contributed by atoms with Gasteiger partial charge in [-0.15, -0.1) is 0 Å². The summed E-state index contributed by atoms with van der Waals surface area (Å²) in [5.74, 6) is 0. The van der Waals surface area contributed by atoms with Crippen LogP contribution in [0.2, 0.25) is 0 Å². The van der Waals surface area contributed by atoms with Gasteiger partial charge in [0.1, 0.15) is 36.2 Å². The predicted molar refractivity (Wildman–Crippen MR) is 77.0 cm³/mol. The van der Waals surface area contributed by atoms with E-state index in [-0.39, 0.29) is 0 Å². The fraction of sp³-hybridized carbons (Fsp3) is 0.500. The van der Waals surface area contributed by atoms with Gasteiger partial charge in [-0.25, -0.2) is 4.39 Å². The number of hydrogen-bond donors (Lipinski definition) is 3. The summed E-state index contributed by atoms with van der Waals surface area (Å²) in [5, 5.41) is 30.7. The van der Waals surface area contributed by atoms with E-state index in [1.54, 1.807) is 25.1 Å². The lowest BCUT2D eigenvalue weighted by atomic mass is 9.97. The Kier molecular flexibility index (Phi) is 3.94. The Bertz CT molecular complexity index is 668. The average Bonchev–Trinajstić information content (AvgIpc) is 3.02. The molecule has 2 aromatic rings. The van der Waals surface area contributed by atoms with E-state index < -0.39 is 36.7 Å². The first kappa shape index (κ1) is 15.4. The van der Waals surface area contributed by atoms with Crippen LogP contribution in [0.5, 0.6) is 0 Å². The number of alkyl halides is 1. The zero-order valence-corrected chi connectivity index (χ0v) is 12.3. The third kappa shape index (κ3) is 2.42. The number of hydrogen-bond acceptors (Lipinski definition) is 5. The predicted octanol–water partition coefficient (Wildman–Crippen LogP) is 2.01. The van der Waals surface area contributed by atoms with Crippen molar-refractivity contribution in [2.45, 2.75) is 50.5 Å². The third-order valence-corrected chi connectivity index (χ3v) is 4.25. The van der Waals surface area contributed by atoms with Crippen LogP contribution in [0.25, 0.3) is 11.0 Å². The quantitative estimate of drug-likeness (QED) is 0.808. The zero-order valence-electron chi connectivity index (χ0n) is 12.3. The molecule has 6 unspecified atom stereocenters. The van der Waals surface area contributed by atoms with Crippen molar-refractivity contribution in [2.75, 3.05) is 0 Å². The van der Waals surface area contributed by atoms with Crippen molar-refractivity contribution in [1.82, 2.24) is 0 Å². The highest BCUT2D eigenvalue weighted by molar-refractivity contribution is 5.82. The molecule has 0 bridgehead atoms. The van der Waals surface area contributed by atoms with Gasteiger partial charge in [-0.1, -0.05) is 6.07 Å². The molecule has 22 heavy (non-hydrogen) atoms. The maximum absolute atomic E-state index is 13.6. The first-order valence-corrected chi connectivity index (χ1v) is 7.25. The van der Waals surface area contributed by atoms with Gasteiger partial charge in [-0.3, -0.25) is 0 Å². The highest BCUT2D eigenvalue weighted by atomic mass is 19.1. The molecule has 3 N–H and O–H groups in total. The number of rotatable bonds is 3. The molecule has 1 fully saturated rings. The number of ether oxygens (including phenoxy) is 1. The molecule has 6 heteroatoms. The largest absolute Gasteiger partial charge is 0.464 e. The minimum absolute atomic E-state index is 0.408. The molecular formula is C16H19FO5. The van der Waals surface area contributed by atoms with E-state index in [1.807, 2.05) is 0 Å². The van der Waals surface area contributed by atoms with Crippen LogP contribution in [0, 0.1) is 0 Å². The highest BCUT2D eigenvalue weighted by Crippen LogP contribution is 2.34. The molecule has 0 amide bonds. The summed E-state index contributed by atoms with van der Waals surface area (Å²) in [6, 6.07) is 4.90. The molecule has 0 radical (unpaired) electrons. The Labute approximate surface area is 126 Å². The van der Waals surface area contributed by atoms with Gasteiger partial charge in [0, 0.05) is 10.9 Å². The second kappa shape index (κ2) is 5.62. The lowest BCUT2D eigenvalue weighted by Crippen LogP contribution is -2.34. The normalized spacial score (nSPS) is 31.5. The molecule has 0 aliphatic carbocycles. The van der Waals surface area contributed by atoms with Gasteiger partial charge in [0.25, 0.3) is 0 Å². The topological polar surface area (TPSA) is 83.1 Å². The lowest BCUT2D eigenvalue weighted by molar-refractivity contribution is -0.0635. The van der Waals surface area contributed by atoms with Crippen LogP contribution >= 0.6 is 0 Å². The molecule has 5 nitrogen and oxygen atoms in total. The number of aliphatic hydroxyl groups excluding tert-OH is 3. The second-order valence-corrected chi connectivity index (χ2v) is 5.79. The monoisotopic (exact) mass is 310 g/mol. The molecule has 2 heterocycles. The first-order chi connectivity index (χ1) is 10.4. The molecule has 3 rings (SSSR count). The fourth-order valence-corrected chi connectivity index (χ4v) is 2.89. The van der Waals surface area contributed by atoms with Crippen LogP contribution in [0.1, 0.15) is 37.3 Å². The highest BCUT2D eigenvalue weighted by Gasteiger charge is 2.44. The Morgan fingerprint density at radius 1 is 1.23 bits per heavy atom. The summed E-state index contributed by atoms with van der Waals surface area (Å²) < 4.78 is 24.3. The zero-order chi connectivity index (χ0) is 16.0. The minimum atomic E-state index is -1.19. The van der Waals surface area contributed by atoms with Crippen LogP contribution in [-0.4, -0.2) is 39.7 Å². The Hall–Kier alpha value is -1.47. The van der Waals surface area contributed by atoms with Gasteiger partial charge in [0.05, 0.1) is 12.4 Å². The van der Waals surface area contributed by atoms with Crippen molar-refractivity contribution in [1.29, 1.82) is 0 Å². The van der Waals surface area contributed by atoms with Gasteiger partial charge in [0.15, 0.2) is 0 Å². The summed E-state index contributed by atoms with van der Waals surface area (Å²) in [4.78, 5) is 0. The molecule has 6 atom stereocenters. The van der Waals surface area contributed by atoms with E-state index in [2.05, 4.69) is 0 Å². The van der Waals surface area contributed by atoms with Crippen LogP contribution < -0.4 is 0 Å². The summed E-state index contributed by atoms with van der Waals surface area (Å²) in [6.07, 6.45) is -4.67. The van der Waals surface area contributed by atoms with Crippen LogP contribution in [0.3, 0.4) is 0 Å². The van der Waals surface area contributed by atoms with Crippen molar-refractivity contribution in [2.24, 2.45) is 0 Å². The summed E-state index contributed by atoms with van der Waals surface area (Å²) in [6.45, 7) is 3.04. The lowest BCUT2D eigenvalue weighted by Gasteiger charge is -2.21. The maximum Gasteiger partial charge on any atom is 0.134 e. The number of aliphatic hydroxyl groups is 3. The number of benzene rings is 1. The summed E-state index contributed by atoms with van der Waals surface area (Å²) in [7, 11) is 0. The molecule has 1 aromatic heterocycles. The van der Waals surface area contributed by atoms with Gasteiger partial charge in [-0.2, -0.15) is 0 Å². The van der Waals surface area contributed by atoms with Gasteiger partial charge >= 0.3 is 0 Å². The SMILES string of the molecule is CC(F)c1coc2ccc(C(O)C3OC(C)C(O)C3O)cc12. The number of halogens is 1. The minimum Gasteiger partial charge on any atom is -0.464 e. The van der Waals surface area contributed by atoms with Crippen molar-refractivity contribution in [3.05, 3.63) is 35.6 Å².